The van der Waals surface area contributed by atoms with E-state index in [9.17, 15) is 0 Å². The number of rotatable bonds is 4. The van der Waals surface area contributed by atoms with E-state index < -0.39 is 0 Å². The number of halogens is 2. The van der Waals surface area contributed by atoms with Gasteiger partial charge in [-0.15, -0.1) is 0 Å². The van der Waals surface area contributed by atoms with E-state index in [0.717, 1.165) is 21.7 Å². The highest BCUT2D eigenvalue weighted by Crippen LogP contribution is 2.17. The monoisotopic (exact) mass is 310 g/mol. The Hall–Kier alpha value is -0.990. The lowest BCUT2D eigenvalue weighted by Gasteiger charge is -2.07. The molecular formula is C14H12BrClO. The molecule has 0 radical (unpaired) electrons. The number of hydrogen-bond donors (Lipinski definition) is 0. The van der Waals surface area contributed by atoms with E-state index in [-0.39, 0.29) is 0 Å². The second kappa shape index (κ2) is 6.08. The van der Waals surface area contributed by atoms with Crippen LogP contribution in [0, 0.1) is 0 Å². The molecule has 0 unspecified atom stereocenters. The second-order valence-electron chi connectivity index (χ2n) is 3.70. The van der Waals surface area contributed by atoms with Gasteiger partial charge < -0.3 is 4.74 Å². The van der Waals surface area contributed by atoms with Crippen molar-refractivity contribution in [2.24, 2.45) is 0 Å². The smallest absolute Gasteiger partial charge is 0.120 e. The minimum Gasteiger partial charge on any atom is -0.489 e. The molecule has 0 aliphatic rings. The summed E-state index contributed by atoms with van der Waals surface area (Å²) in [5, 5.41) is 1.58. The first-order chi connectivity index (χ1) is 8.28. The Morgan fingerprint density at radius 2 is 1.76 bits per heavy atom. The Morgan fingerprint density at radius 1 is 1.00 bits per heavy atom. The molecule has 0 bridgehead atoms. The maximum absolute atomic E-state index is 5.82. The molecule has 2 aromatic rings. The van der Waals surface area contributed by atoms with Gasteiger partial charge in [-0.1, -0.05) is 51.8 Å². The van der Waals surface area contributed by atoms with Gasteiger partial charge in [0.2, 0.25) is 0 Å². The molecule has 0 saturated carbocycles. The van der Waals surface area contributed by atoms with E-state index in [1.54, 1.807) is 0 Å². The fourth-order valence-corrected chi connectivity index (χ4v) is 1.94. The van der Waals surface area contributed by atoms with E-state index in [2.05, 4.69) is 22.0 Å². The highest BCUT2D eigenvalue weighted by molar-refractivity contribution is 9.08. The maximum atomic E-state index is 5.82. The summed E-state index contributed by atoms with van der Waals surface area (Å²) in [5.74, 6) is 0.886. The molecule has 0 heterocycles. The summed E-state index contributed by atoms with van der Waals surface area (Å²) in [6.45, 7) is 0.558. The average molecular weight is 312 g/mol. The Labute approximate surface area is 115 Å². The van der Waals surface area contributed by atoms with E-state index in [0.29, 0.717) is 6.61 Å². The Bertz CT molecular complexity index is 482. The summed E-state index contributed by atoms with van der Waals surface area (Å²) in [4.78, 5) is 0. The molecule has 0 aliphatic heterocycles. The molecule has 3 heteroatoms. The second-order valence-corrected chi connectivity index (χ2v) is 4.69. The molecule has 0 atom stereocenters. The third-order valence-corrected chi connectivity index (χ3v) is 3.27. The topological polar surface area (TPSA) is 9.23 Å². The average Bonchev–Trinajstić information content (AvgIpc) is 2.38. The molecule has 0 aliphatic carbocycles. The molecule has 2 aromatic carbocycles. The molecule has 0 fully saturated rings. The first kappa shape index (κ1) is 12.5. The zero-order valence-electron chi connectivity index (χ0n) is 9.20. The van der Waals surface area contributed by atoms with Crippen LogP contribution >= 0.6 is 27.5 Å². The lowest BCUT2D eigenvalue weighted by Crippen LogP contribution is -1.95. The van der Waals surface area contributed by atoms with Crippen molar-refractivity contribution in [3.63, 3.8) is 0 Å². The highest BCUT2D eigenvalue weighted by atomic mass is 79.9. The van der Waals surface area contributed by atoms with Crippen LogP contribution in [0.2, 0.25) is 5.02 Å². The van der Waals surface area contributed by atoms with Crippen LogP contribution in [-0.2, 0) is 11.9 Å². The first-order valence-corrected chi connectivity index (χ1v) is 6.80. The van der Waals surface area contributed by atoms with Crippen LogP contribution in [-0.4, -0.2) is 0 Å². The van der Waals surface area contributed by atoms with Gasteiger partial charge in [-0.05, 0) is 35.4 Å². The quantitative estimate of drug-likeness (QED) is 0.736. The number of benzene rings is 2. The summed E-state index contributed by atoms with van der Waals surface area (Å²) >= 11 is 9.25. The van der Waals surface area contributed by atoms with Gasteiger partial charge >= 0.3 is 0 Å². The summed E-state index contributed by atoms with van der Waals surface area (Å²) in [6.07, 6.45) is 0. The minimum absolute atomic E-state index is 0.558. The van der Waals surface area contributed by atoms with E-state index in [1.165, 1.54) is 5.56 Å². The molecule has 0 N–H and O–H groups in total. The summed E-state index contributed by atoms with van der Waals surface area (Å²) in [5.41, 5.74) is 2.32. The Morgan fingerprint density at radius 3 is 2.47 bits per heavy atom. The van der Waals surface area contributed by atoms with Gasteiger partial charge in [-0.25, -0.2) is 0 Å². The molecule has 0 saturated heterocycles. The largest absolute Gasteiger partial charge is 0.489 e. The number of alkyl halides is 1. The van der Waals surface area contributed by atoms with Crippen LogP contribution in [0.3, 0.4) is 0 Å². The Kier molecular flexibility index (Phi) is 4.46. The molecule has 0 spiro atoms. The van der Waals surface area contributed by atoms with Crippen LogP contribution in [0.15, 0.2) is 48.5 Å². The third kappa shape index (κ3) is 3.76. The van der Waals surface area contributed by atoms with Crippen molar-refractivity contribution in [2.45, 2.75) is 11.9 Å². The summed E-state index contributed by atoms with van der Waals surface area (Å²) in [6, 6.07) is 15.7. The van der Waals surface area contributed by atoms with Gasteiger partial charge in [0, 0.05) is 10.4 Å². The lowest BCUT2D eigenvalue weighted by molar-refractivity contribution is 0.306. The van der Waals surface area contributed by atoms with Crippen LogP contribution in [0.4, 0.5) is 0 Å². The fourth-order valence-electron chi connectivity index (χ4n) is 1.47. The first-order valence-electron chi connectivity index (χ1n) is 5.30. The lowest BCUT2D eigenvalue weighted by atomic mass is 10.2. The van der Waals surface area contributed by atoms with Crippen LogP contribution in [0.1, 0.15) is 11.1 Å². The molecule has 17 heavy (non-hydrogen) atoms. The van der Waals surface area contributed by atoms with Gasteiger partial charge in [-0.2, -0.15) is 0 Å². The van der Waals surface area contributed by atoms with Crippen molar-refractivity contribution < 1.29 is 4.74 Å². The normalized spacial score (nSPS) is 10.2. The summed E-state index contributed by atoms with van der Waals surface area (Å²) in [7, 11) is 0. The highest BCUT2D eigenvalue weighted by Gasteiger charge is 1.97. The predicted molar refractivity (Wildman–Crippen MR) is 74.9 cm³/mol. The van der Waals surface area contributed by atoms with Crippen molar-refractivity contribution >= 4 is 27.5 Å². The number of ether oxygens (including phenoxy) is 1. The van der Waals surface area contributed by atoms with Crippen LogP contribution < -0.4 is 4.74 Å². The maximum Gasteiger partial charge on any atom is 0.120 e. The molecule has 2 rings (SSSR count). The molecular weight excluding hydrogens is 300 g/mol. The fraction of sp³-hybridized carbons (Fsp3) is 0.143. The van der Waals surface area contributed by atoms with Crippen molar-refractivity contribution in [3.8, 4) is 5.75 Å². The zero-order valence-corrected chi connectivity index (χ0v) is 11.5. The van der Waals surface area contributed by atoms with Gasteiger partial charge in [0.05, 0.1) is 0 Å². The van der Waals surface area contributed by atoms with Crippen LogP contribution in [0.5, 0.6) is 5.75 Å². The van der Waals surface area contributed by atoms with E-state index in [4.69, 9.17) is 16.3 Å². The predicted octanol–water partition coefficient (Wildman–Crippen LogP) is 4.81. The van der Waals surface area contributed by atoms with Gasteiger partial charge in [0.1, 0.15) is 12.4 Å². The molecule has 0 amide bonds. The third-order valence-electron chi connectivity index (χ3n) is 2.37. The zero-order chi connectivity index (χ0) is 12.1. The van der Waals surface area contributed by atoms with Gasteiger partial charge in [0.15, 0.2) is 0 Å². The molecule has 88 valence electrons. The van der Waals surface area contributed by atoms with Crippen molar-refractivity contribution in [1.29, 1.82) is 0 Å². The molecule has 1 nitrogen and oxygen atoms in total. The van der Waals surface area contributed by atoms with E-state index >= 15 is 0 Å². The summed E-state index contributed by atoms with van der Waals surface area (Å²) < 4.78 is 5.71. The van der Waals surface area contributed by atoms with Crippen molar-refractivity contribution in [3.05, 3.63) is 64.7 Å². The Balaban J connectivity index is 1.99. The van der Waals surface area contributed by atoms with Crippen LogP contribution in [0.25, 0.3) is 0 Å². The standard InChI is InChI=1S/C14H12BrClO/c15-9-12-2-1-3-14(8-12)17-10-11-4-6-13(16)7-5-11/h1-8H,9-10H2. The van der Waals surface area contributed by atoms with E-state index in [1.807, 2.05) is 42.5 Å². The number of hydrogen-bond acceptors (Lipinski definition) is 1. The van der Waals surface area contributed by atoms with Crippen molar-refractivity contribution in [2.75, 3.05) is 0 Å². The van der Waals surface area contributed by atoms with Crippen molar-refractivity contribution in [1.82, 2.24) is 0 Å². The SMILES string of the molecule is Clc1ccc(COc2cccc(CBr)c2)cc1. The van der Waals surface area contributed by atoms with Gasteiger partial charge in [-0.3, -0.25) is 0 Å². The minimum atomic E-state index is 0.558. The van der Waals surface area contributed by atoms with Gasteiger partial charge in [0.25, 0.3) is 0 Å². The molecule has 0 aromatic heterocycles.